The maximum absolute atomic E-state index is 5.37. The quantitative estimate of drug-likeness (QED) is 0.514. The fourth-order valence-electron chi connectivity index (χ4n) is 2.27. The van der Waals surface area contributed by atoms with Gasteiger partial charge in [0.25, 0.3) is 0 Å². The van der Waals surface area contributed by atoms with Gasteiger partial charge in [-0.05, 0) is 38.0 Å². The first-order valence-corrected chi connectivity index (χ1v) is 6.59. The van der Waals surface area contributed by atoms with E-state index in [2.05, 4.69) is 22.9 Å². The molecule has 2 heteroatoms. The minimum Gasteiger partial charge on any atom is -0.382 e. The highest BCUT2D eigenvalue weighted by Gasteiger charge is 2.31. The van der Waals surface area contributed by atoms with Crippen LogP contribution in [0.2, 0.25) is 0 Å². The maximum Gasteiger partial charge on any atom is 0.0466 e. The van der Waals surface area contributed by atoms with E-state index in [-0.39, 0.29) is 0 Å². The number of alkyl halides is 1. The number of rotatable bonds is 6. The van der Waals surface area contributed by atoms with Gasteiger partial charge in [0.05, 0.1) is 0 Å². The van der Waals surface area contributed by atoms with Crippen molar-refractivity contribution in [3.8, 4) is 0 Å². The zero-order valence-corrected chi connectivity index (χ0v) is 10.2. The average Bonchev–Trinajstić information content (AvgIpc) is 2.62. The van der Waals surface area contributed by atoms with Crippen molar-refractivity contribution in [2.45, 2.75) is 45.4 Å². The van der Waals surface area contributed by atoms with Crippen molar-refractivity contribution in [1.82, 2.24) is 0 Å². The van der Waals surface area contributed by atoms with Crippen LogP contribution in [0.5, 0.6) is 0 Å². The summed E-state index contributed by atoms with van der Waals surface area (Å²) in [6.07, 6.45) is 8.28. The van der Waals surface area contributed by atoms with Crippen molar-refractivity contribution < 1.29 is 4.74 Å². The third-order valence-corrected chi connectivity index (χ3v) is 4.34. The SMILES string of the molecule is CCOCCCC1(CBr)CCCC1. The molecule has 0 aliphatic heterocycles. The summed E-state index contributed by atoms with van der Waals surface area (Å²) in [7, 11) is 0. The lowest BCUT2D eigenvalue weighted by molar-refractivity contribution is 0.131. The van der Waals surface area contributed by atoms with Crippen LogP contribution in [0.3, 0.4) is 0 Å². The van der Waals surface area contributed by atoms with Gasteiger partial charge >= 0.3 is 0 Å². The van der Waals surface area contributed by atoms with Crippen molar-refractivity contribution in [1.29, 1.82) is 0 Å². The summed E-state index contributed by atoms with van der Waals surface area (Å²) in [4.78, 5) is 0. The van der Waals surface area contributed by atoms with Crippen LogP contribution in [0.4, 0.5) is 0 Å². The molecular formula is C11H21BrO. The van der Waals surface area contributed by atoms with Crippen LogP contribution in [-0.4, -0.2) is 18.5 Å². The lowest BCUT2D eigenvalue weighted by atomic mass is 9.84. The first-order valence-electron chi connectivity index (χ1n) is 5.47. The minimum atomic E-state index is 0.622. The Morgan fingerprint density at radius 3 is 2.54 bits per heavy atom. The van der Waals surface area contributed by atoms with Crippen molar-refractivity contribution in [3.05, 3.63) is 0 Å². The molecule has 0 amide bonds. The second-order valence-electron chi connectivity index (χ2n) is 4.14. The predicted octanol–water partition coefficient (Wildman–Crippen LogP) is 3.76. The molecule has 1 nitrogen and oxygen atoms in total. The van der Waals surface area contributed by atoms with Gasteiger partial charge in [0.2, 0.25) is 0 Å². The van der Waals surface area contributed by atoms with Crippen LogP contribution in [-0.2, 0) is 4.74 Å². The first-order chi connectivity index (χ1) is 6.33. The summed E-state index contributed by atoms with van der Waals surface area (Å²) in [5, 5.41) is 1.19. The molecule has 0 aromatic rings. The molecule has 0 aromatic heterocycles. The van der Waals surface area contributed by atoms with E-state index in [1.807, 2.05) is 0 Å². The molecule has 1 aliphatic carbocycles. The fraction of sp³-hybridized carbons (Fsp3) is 1.00. The number of hydrogen-bond donors (Lipinski definition) is 0. The molecule has 1 saturated carbocycles. The van der Waals surface area contributed by atoms with Gasteiger partial charge in [0.15, 0.2) is 0 Å². The zero-order valence-electron chi connectivity index (χ0n) is 8.65. The van der Waals surface area contributed by atoms with E-state index in [9.17, 15) is 0 Å². The molecule has 1 fully saturated rings. The van der Waals surface area contributed by atoms with E-state index in [0.29, 0.717) is 5.41 Å². The lowest BCUT2D eigenvalue weighted by Crippen LogP contribution is -2.18. The highest BCUT2D eigenvalue weighted by Crippen LogP contribution is 2.43. The summed E-state index contributed by atoms with van der Waals surface area (Å²) in [6, 6.07) is 0. The van der Waals surface area contributed by atoms with Gasteiger partial charge < -0.3 is 4.74 Å². The van der Waals surface area contributed by atoms with Crippen LogP contribution in [0, 0.1) is 5.41 Å². The van der Waals surface area contributed by atoms with Crippen molar-refractivity contribution in [2.75, 3.05) is 18.5 Å². The monoisotopic (exact) mass is 248 g/mol. The van der Waals surface area contributed by atoms with Crippen LogP contribution >= 0.6 is 15.9 Å². The van der Waals surface area contributed by atoms with Gasteiger partial charge in [-0.2, -0.15) is 0 Å². The molecule has 1 aliphatic rings. The lowest BCUT2D eigenvalue weighted by Gasteiger charge is -2.26. The summed E-state index contributed by atoms with van der Waals surface area (Å²) in [6.45, 7) is 3.88. The van der Waals surface area contributed by atoms with Crippen LogP contribution in [0.15, 0.2) is 0 Å². The molecule has 0 atom stereocenters. The summed E-state index contributed by atoms with van der Waals surface area (Å²) < 4.78 is 5.37. The van der Waals surface area contributed by atoms with E-state index in [1.165, 1.54) is 43.9 Å². The van der Waals surface area contributed by atoms with E-state index < -0.39 is 0 Å². The van der Waals surface area contributed by atoms with Gasteiger partial charge in [0.1, 0.15) is 0 Å². The first kappa shape index (κ1) is 11.5. The molecule has 0 aromatic carbocycles. The Hall–Kier alpha value is 0.440. The third-order valence-electron chi connectivity index (χ3n) is 3.15. The third kappa shape index (κ3) is 3.59. The molecule has 0 N–H and O–H groups in total. The summed E-state index contributed by atoms with van der Waals surface area (Å²) in [5.41, 5.74) is 0.622. The highest BCUT2D eigenvalue weighted by atomic mass is 79.9. The Balaban J connectivity index is 2.16. The summed E-state index contributed by atoms with van der Waals surface area (Å²) >= 11 is 3.66. The summed E-state index contributed by atoms with van der Waals surface area (Å²) in [5.74, 6) is 0. The molecule has 0 heterocycles. The molecule has 0 spiro atoms. The van der Waals surface area contributed by atoms with Crippen LogP contribution < -0.4 is 0 Å². The van der Waals surface area contributed by atoms with Crippen LogP contribution in [0.25, 0.3) is 0 Å². The highest BCUT2D eigenvalue weighted by molar-refractivity contribution is 9.09. The Bertz CT molecular complexity index is 130. The van der Waals surface area contributed by atoms with Gasteiger partial charge in [-0.25, -0.2) is 0 Å². The normalized spacial score (nSPS) is 20.8. The predicted molar refractivity (Wildman–Crippen MR) is 60.4 cm³/mol. The smallest absolute Gasteiger partial charge is 0.0466 e. The molecule has 1 rings (SSSR count). The van der Waals surface area contributed by atoms with Crippen molar-refractivity contribution in [3.63, 3.8) is 0 Å². The average molecular weight is 249 g/mol. The Morgan fingerprint density at radius 2 is 2.00 bits per heavy atom. The largest absolute Gasteiger partial charge is 0.382 e. The molecular weight excluding hydrogens is 228 g/mol. The Labute approximate surface area is 90.4 Å². The number of hydrogen-bond acceptors (Lipinski definition) is 1. The number of halogens is 1. The topological polar surface area (TPSA) is 9.23 Å². The Morgan fingerprint density at radius 1 is 1.31 bits per heavy atom. The van der Waals surface area contributed by atoms with Gasteiger partial charge in [-0.15, -0.1) is 0 Å². The van der Waals surface area contributed by atoms with Gasteiger partial charge in [-0.1, -0.05) is 28.8 Å². The van der Waals surface area contributed by atoms with E-state index in [1.54, 1.807) is 0 Å². The second-order valence-corrected chi connectivity index (χ2v) is 4.70. The standard InChI is InChI=1S/C11H21BrO/c1-2-13-9-5-8-11(10-12)6-3-4-7-11/h2-10H2,1H3. The second kappa shape index (κ2) is 6.02. The molecule has 0 saturated heterocycles. The number of ether oxygens (including phenoxy) is 1. The maximum atomic E-state index is 5.37. The Kier molecular flexibility index (Phi) is 5.34. The van der Waals surface area contributed by atoms with Crippen LogP contribution in [0.1, 0.15) is 45.4 Å². The fourth-order valence-corrected chi connectivity index (χ4v) is 3.11. The molecule has 0 bridgehead atoms. The van der Waals surface area contributed by atoms with Gasteiger partial charge in [0, 0.05) is 18.5 Å². The van der Waals surface area contributed by atoms with E-state index in [0.717, 1.165) is 13.2 Å². The van der Waals surface area contributed by atoms with E-state index >= 15 is 0 Å². The van der Waals surface area contributed by atoms with E-state index in [4.69, 9.17) is 4.74 Å². The molecule has 13 heavy (non-hydrogen) atoms. The van der Waals surface area contributed by atoms with Crippen molar-refractivity contribution >= 4 is 15.9 Å². The molecule has 78 valence electrons. The van der Waals surface area contributed by atoms with Gasteiger partial charge in [-0.3, -0.25) is 0 Å². The minimum absolute atomic E-state index is 0.622. The molecule has 0 radical (unpaired) electrons. The zero-order chi connectivity index (χ0) is 9.57. The van der Waals surface area contributed by atoms with Crippen molar-refractivity contribution in [2.24, 2.45) is 5.41 Å². The molecule has 0 unspecified atom stereocenters.